The van der Waals surface area contributed by atoms with Gasteiger partial charge in [0.25, 0.3) is 0 Å². The van der Waals surface area contributed by atoms with Crippen molar-refractivity contribution in [2.24, 2.45) is 5.92 Å². The molecule has 0 aromatic heterocycles. The number of carboxylic acid groups (broad SMARTS) is 1. The van der Waals surface area contributed by atoms with Gasteiger partial charge < -0.3 is 19.6 Å². The van der Waals surface area contributed by atoms with Crippen LogP contribution in [0.15, 0.2) is 30.3 Å². The molecule has 2 atom stereocenters. The summed E-state index contributed by atoms with van der Waals surface area (Å²) in [5, 5.41) is 9.24. The SMILES string of the molecule is CC(c1ccccc1)N1CC(C(=O)N(CC(=O)O)C2CCOCC2)CC1=O. The molecule has 0 saturated carbocycles. The van der Waals surface area contributed by atoms with Crippen molar-refractivity contribution in [3.05, 3.63) is 35.9 Å². The molecule has 1 N–H and O–H groups in total. The van der Waals surface area contributed by atoms with Gasteiger partial charge in [0.15, 0.2) is 0 Å². The lowest BCUT2D eigenvalue weighted by Crippen LogP contribution is -2.48. The molecule has 2 aliphatic rings. The van der Waals surface area contributed by atoms with Gasteiger partial charge in [0.2, 0.25) is 11.8 Å². The summed E-state index contributed by atoms with van der Waals surface area (Å²) in [5.74, 6) is -1.83. The third-order valence-corrected chi connectivity index (χ3v) is 5.48. The Morgan fingerprint density at radius 1 is 1.26 bits per heavy atom. The summed E-state index contributed by atoms with van der Waals surface area (Å²) in [5.41, 5.74) is 1.02. The highest BCUT2D eigenvalue weighted by Crippen LogP contribution is 2.30. The topological polar surface area (TPSA) is 87.2 Å². The van der Waals surface area contributed by atoms with Gasteiger partial charge in [-0.15, -0.1) is 0 Å². The fourth-order valence-electron chi connectivity index (χ4n) is 3.95. The number of benzene rings is 1. The minimum atomic E-state index is -1.03. The van der Waals surface area contributed by atoms with Gasteiger partial charge in [0.1, 0.15) is 6.54 Å². The maximum atomic E-state index is 13.1. The van der Waals surface area contributed by atoms with E-state index in [0.717, 1.165) is 5.56 Å². The monoisotopic (exact) mass is 374 g/mol. The zero-order valence-electron chi connectivity index (χ0n) is 15.5. The first-order chi connectivity index (χ1) is 13.0. The number of rotatable bonds is 6. The fraction of sp³-hybridized carbons (Fsp3) is 0.550. The maximum absolute atomic E-state index is 13.1. The zero-order valence-corrected chi connectivity index (χ0v) is 15.5. The first-order valence-corrected chi connectivity index (χ1v) is 9.41. The van der Waals surface area contributed by atoms with Crippen LogP contribution in [-0.2, 0) is 19.1 Å². The van der Waals surface area contributed by atoms with Crippen molar-refractivity contribution in [1.29, 1.82) is 0 Å². The van der Waals surface area contributed by atoms with E-state index in [0.29, 0.717) is 32.6 Å². The number of amides is 2. The first kappa shape index (κ1) is 19.4. The average molecular weight is 374 g/mol. The summed E-state index contributed by atoms with van der Waals surface area (Å²) in [4.78, 5) is 40.1. The predicted octanol–water partition coefficient (Wildman–Crippen LogP) is 1.69. The zero-order chi connectivity index (χ0) is 19.4. The third kappa shape index (κ3) is 4.47. The largest absolute Gasteiger partial charge is 0.480 e. The Morgan fingerprint density at radius 3 is 2.56 bits per heavy atom. The number of hydrogen-bond acceptors (Lipinski definition) is 4. The van der Waals surface area contributed by atoms with Crippen LogP contribution in [0.4, 0.5) is 0 Å². The Kier molecular flexibility index (Phi) is 6.11. The van der Waals surface area contributed by atoms with Crippen LogP contribution in [0.3, 0.4) is 0 Å². The summed E-state index contributed by atoms with van der Waals surface area (Å²) in [6, 6.07) is 9.44. The smallest absolute Gasteiger partial charge is 0.323 e. The third-order valence-electron chi connectivity index (χ3n) is 5.48. The summed E-state index contributed by atoms with van der Waals surface area (Å²) >= 11 is 0. The Bertz CT molecular complexity index is 687. The number of aliphatic carboxylic acids is 1. The molecule has 2 saturated heterocycles. The molecule has 1 aromatic rings. The highest BCUT2D eigenvalue weighted by atomic mass is 16.5. The molecule has 0 radical (unpaired) electrons. The minimum absolute atomic E-state index is 0.0630. The van der Waals surface area contributed by atoms with Gasteiger partial charge in [-0.1, -0.05) is 30.3 Å². The lowest BCUT2D eigenvalue weighted by molar-refractivity contribution is -0.149. The normalized spacial score (nSPS) is 21.9. The fourth-order valence-corrected chi connectivity index (χ4v) is 3.95. The predicted molar refractivity (Wildman–Crippen MR) is 97.9 cm³/mol. The number of likely N-dealkylation sites (tertiary alicyclic amines) is 1. The molecular formula is C20H26N2O5. The molecule has 2 heterocycles. The Morgan fingerprint density at radius 2 is 1.93 bits per heavy atom. The number of nitrogens with zero attached hydrogens (tertiary/aromatic N) is 2. The second kappa shape index (κ2) is 8.52. The van der Waals surface area contributed by atoms with Crippen molar-refractivity contribution in [1.82, 2.24) is 9.80 Å². The molecule has 3 rings (SSSR count). The highest BCUT2D eigenvalue weighted by Gasteiger charge is 2.40. The van der Waals surface area contributed by atoms with E-state index in [1.54, 1.807) is 4.90 Å². The molecule has 146 valence electrons. The van der Waals surface area contributed by atoms with Crippen LogP contribution in [0.1, 0.15) is 37.8 Å². The lowest BCUT2D eigenvalue weighted by atomic mass is 10.0. The Hall–Kier alpha value is -2.41. The van der Waals surface area contributed by atoms with Gasteiger partial charge in [0, 0.05) is 32.2 Å². The van der Waals surface area contributed by atoms with Crippen LogP contribution >= 0.6 is 0 Å². The quantitative estimate of drug-likeness (QED) is 0.819. The molecule has 2 aliphatic heterocycles. The molecule has 0 aliphatic carbocycles. The highest BCUT2D eigenvalue weighted by molar-refractivity contribution is 5.91. The number of ether oxygens (including phenoxy) is 1. The molecule has 0 bridgehead atoms. The van der Waals surface area contributed by atoms with Gasteiger partial charge >= 0.3 is 5.97 Å². The number of carboxylic acids is 1. The molecular weight excluding hydrogens is 348 g/mol. The minimum Gasteiger partial charge on any atom is -0.480 e. The van der Waals surface area contributed by atoms with Crippen molar-refractivity contribution >= 4 is 17.8 Å². The van der Waals surface area contributed by atoms with Gasteiger partial charge in [0.05, 0.1) is 12.0 Å². The van der Waals surface area contributed by atoms with Crippen LogP contribution in [-0.4, -0.2) is 65.0 Å². The lowest BCUT2D eigenvalue weighted by Gasteiger charge is -2.35. The molecule has 7 heteroatoms. The second-order valence-electron chi connectivity index (χ2n) is 7.24. The summed E-state index contributed by atoms with van der Waals surface area (Å²) in [7, 11) is 0. The standard InChI is InChI=1S/C20H26N2O5/c1-14(15-5-3-2-4-6-15)21-12-16(11-18(21)23)20(26)22(13-19(24)25)17-7-9-27-10-8-17/h2-6,14,16-17H,7-13H2,1H3,(H,24,25). The van der Waals surface area contributed by atoms with E-state index in [4.69, 9.17) is 4.74 Å². The number of carbonyl (C=O) groups is 3. The van der Waals surface area contributed by atoms with E-state index < -0.39 is 11.9 Å². The van der Waals surface area contributed by atoms with Crippen LogP contribution in [0.5, 0.6) is 0 Å². The molecule has 2 fully saturated rings. The van der Waals surface area contributed by atoms with Crippen LogP contribution < -0.4 is 0 Å². The summed E-state index contributed by atoms with van der Waals surface area (Å²) < 4.78 is 5.33. The summed E-state index contributed by atoms with van der Waals surface area (Å²) in [6.45, 7) is 2.99. The van der Waals surface area contributed by atoms with Crippen molar-refractivity contribution in [3.63, 3.8) is 0 Å². The molecule has 27 heavy (non-hydrogen) atoms. The van der Waals surface area contributed by atoms with Crippen LogP contribution in [0.25, 0.3) is 0 Å². The van der Waals surface area contributed by atoms with Crippen LogP contribution in [0.2, 0.25) is 0 Å². The average Bonchev–Trinajstić information content (AvgIpc) is 3.08. The van der Waals surface area contributed by atoms with E-state index in [1.807, 2.05) is 37.3 Å². The van der Waals surface area contributed by atoms with Gasteiger partial charge in [-0.05, 0) is 25.3 Å². The van der Waals surface area contributed by atoms with Crippen molar-refractivity contribution in [2.45, 2.75) is 38.3 Å². The van der Waals surface area contributed by atoms with Gasteiger partial charge in [-0.2, -0.15) is 0 Å². The second-order valence-corrected chi connectivity index (χ2v) is 7.24. The van der Waals surface area contributed by atoms with E-state index >= 15 is 0 Å². The molecule has 1 aromatic carbocycles. The maximum Gasteiger partial charge on any atom is 0.323 e. The van der Waals surface area contributed by atoms with E-state index in [2.05, 4.69) is 0 Å². The van der Waals surface area contributed by atoms with Crippen molar-refractivity contribution in [3.8, 4) is 0 Å². The molecule has 2 unspecified atom stereocenters. The molecule has 7 nitrogen and oxygen atoms in total. The van der Waals surface area contributed by atoms with Gasteiger partial charge in [-0.3, -0.25) is 14.4 Å². The number of carbonyl (C=O) groups excluding carboxylic acids is 2. The van der Waals surface area contributed by atoms with Crippen molar-refractivity contribution < 1.29 is 24.2 Å². The Balaban J connectivity index is 1.71. The van der Waals surface area contributed by atoms with Crippen LogP contribution in [0, 0.1) is 5.92 Å². The molecule has 0 spiro atoms. The molecule has 2 amide bonds. The van der Waals surface area contributed by atoms with E-state index in [9.17, 15) is 19.5 Å². The summed E-state index contributed by atoms with van der Waals surface area (Å²) in [6.07, 6.45) is 1.39. The number of hydrogen-bond donors (Lipinski definition) is 1. The van der Waals surface area contributed by atoms with E-state index in [1.165, 1.54) is 4.90 Å². The first-order valence-electron chi connectivity index (χ1n) is 9.41. The van der Waals surface area contributed by atoms with E-state index in [-0.39, 0.29) is 36.9 Å². The Labute approximate surface area is 158 Å². The van der Waals surface area contributed by atoms with Gasteiger partial charge in [-0.25, -0.2) is 0 Å². The van der Waals surface area contributed by atoms with Crippen molar-refractivity contribution in [2.75, 3.05) is 26.3 Å².